The van der Waals surface area contributed by atoms with E-state index < -0.39 is 11.3 Å². The van der Waals surface area contributed by atoms with Crippen LogP contribution in [0.15, 0.2) is 30.5 Å². The first-order valence-corrected chi connectivity index (χ1v) is 15.1. The maximum Gasteiger partial charge on any atom is 0.317 e. The van der Waals surface area contributed by atoms with Gasteiger partial charge in [0, 0.05) is 51.5 Å². The number of nitrogens with one attached hydrogen (secondary N) is 2. The molecule has 2 aliphatic heterocycles. The first-order valence-electron chi connectivity index (χ1n) is 15.1. The fraction of sp³-hybridized carbons (Fsp3) is 0.581. The van der Waals surface area contributed by atoms with Gasteiger partial charge in [-0.2, -0.15) is 5.26 Å². The summed E-state index contributed by atoms with van der Waals surface area (Å²) in [5, 5.41) is 16.6. The summed E-state index contributed by atoms with van der Waals surface area (Å²) in [4.78, 5) is 39.9. The average Bonchev–Trinajstić information content (AvgIpc) is 3.54. The Bertz CT molecular complexity index is 1310. The number of amides is 3. The average molecular weight is 574 g/mol. The number of likely N-dealkylation sites (tertiary alicyclic amines) is 1. The monoisotopic (exact) mass is 573 g/mol. The van der Waals surface area contributed by atoms with E-state index in [4.69, 9.17) is 10.7 Å². The number of nitriles is 1. The summed E-state index contributed by atoms with van der Waals surface area (Å²) in [5.41, 5.74) is 6.96. The molecule has 3 heterocycles. The van der Waals surface area contributed by atoms with E-state index in [2.05, 4.69) is 38.4 Å². The van der Waals surface area contributed by atoms with E-state index in [1.807, 2.05) is 24.3 Å². The molecule has 224 valence electrons. The number of anilines is 3. The van der Waals surface area contributed by atoms with Crippen molar-refractivity contribution in [2.24, 2.45) is 5.73 Å². The number of rotatable bonds is 7. The number of nitrogens with two attached hydrogens (primary N) is 1. The summed E-state index contributed by atoms with van der Waals surface area (Å²) >= 11 is 0. The second-order valence-corrected chi connectivity index (χ2v) is 12.2. The Kier molecular flexibility index (Phi) is 8.82. The molecular formula is C31H43N9O2. The van der Waals surface area contributed by atoms with Crippen LogP contribution in [0.3, 0.4) is 0 Å². The first kappa shape index (κ1) is 29.6. The molecule has 2 saturated heterocycles. The van der Waals surface area contributed by atoms with Crippen molar-refractivity contribution in [3.05, 3.63) is 41.7 Å². The van der Waals surface area contributed by atoms with E-state index in [-0.39, 0.29) is 29.6 Å². The molecule has 1 aliphatic carbocycles. The van der Waals surface area contributed by atoms with Gasteiger partial charge in [-0.15, -0.1) is 0 Å². The van der Waals surface area contributed by atoms with Gasteiger partial charge in [-0.05, 0) is 63.1 Å². The molecule has 0 radical (unpaired) electrons. The van der Waals surface area contributed by atoms with Gasteiger partial charge in [0.15, 0.2) is 11.5 Å². The number of carbonyl (C=O) groups is 2. The smallest absolute Gasteiger partial charge is 0.317 e. The van der Waals surface area contributed by atoms with Crippen LogP contribution < -0.4 is 21.3 Å². The van der Waals surface area contributed by atoms with Crippen LogP contribution in [-0.2, 0) is 5.41 Å². The molecule has 0 spiro atoms. The standard InChI is InChI=1S/C31H43N9O2/c1-21-25(36-30(42)38(2)3)9-6-16-40(21)26-19-34-27(28(33)41)29(37-26)35-23-12-10-22(11-13-23)31(20-32)14-17-39(18-15-31)24-7-4-5-8-24/h10-13,19,21,24-25H,4-9,14-18H2,1-3H3,(H2,33,41)(H,35,37)(H,36,42). The van der Waals surface area contributed by atoms with Gasteiger partial charge in [0.05, 0.1) is 23.7 Å². The predicted molar refractivity (Wildman–Crippen MR) is 163 cm³/mol. The summed E-state index contributed by atoms with van der Waals surface area (Å²) < 4.78 is 0. The molecule has 4 N–H and O–H groups in total. The minimum Gasteiger partial charge on any atom is -0.364 e. The van der Waals surface area contributed by atoms with Crippen LogP contribution in [-0.4, -0.2) is 83.6 Å². The topological polar surface area (TPSA) is 144 Å². The fourth-order valence-electron chi connectivity index (χ4n) is 6.75. The Morgan fingerprint density at radius 1 is 1.07 bits per heavy atom. The third kappa shape index (κ3) is 6.14. The van der Waals surface area contributed by atoms with E-state index in [0.29, 0.717) is 11.9 Å². The van der Waals surface area contributed by atoms with Crippen LogP contribution >= 0.6 is 0 Å². The van der Waals surface area contributed by atoms with Crippen molar-refractivity contribution in [2.75, 3.05) is 43.9 Å². The number of aromatic nitrogens is 2. The number of urea groups is 1. The highest BCUT2D eigenvalue weighted by atomic mass is 16.2. The van der Waals surface area contributed by atoms with Crippen molar-refractivity contribution in [1.29, 1.82) is 5.26 Å². The van der Waals surface area contributed by atoms with Gasteiger partial charge in [-0.25, -0.2) is 14.8 Å². The summed E-state index contributed by atoms with van der Waals surface area (Å²) in [7, 11) is 3.44. The fourth-order valence-corrected chi connectivity index (χ4v) is 6.75. The lowest BCUT2D eigenvalue weighted by Crippen LogP contribution is -2.56. The predicted octanol–water partition coefficient (Wildman–Crippen LogP) is 3.75. The number of primary amides is 1. The Morgan fingerprint density at radius 3 is 2.38 bits per heavy atom. The van der Waals surface area contributed by atoms with Gasteiger partial charge in [-0.3, -0.25) is 4.79 Å². The summed E-state index contributed by atoms with van der Waals surface area (Å²) in [5.74, 6) is 0.209. The molecule has 2 unspecified atom stereocenters. The minimum absolute atomic E-state index is 0.0224. The van der Waals surface area contributed by atoms with Gasteiger partial charge in [0.1, 0.15) is 5.82 Å². The van der Waals surface area contributed by atoms with Crippen LogP contribution in [0.4, 0.5) is 22.1 Å². The van der Waals surface area contributed by atoms with E-state index in [9.17, 15) is 14.9 Å². The number of piperidine rings is 2. The van der Waals surface area contributed by atoms with E-state index in [1.54, 1.807) is 20.3 Å². The number of nitrogens with zero attached hydrogens (tertiary/aromatic N) is 6. The third-order valence-corrected chi connectivity index (χ3v) is 9.40. The van der Waals surface area contributed by atoms with Crippen LogP contribution in [0.5, 0.6) is 0 Å². The van der Waals surface area contributed by atoms with Crippen LogP contribution in [0.25, 0.3) is 0 Å². The normalized spacial score (nSPS) is 22.8. The van der Waals surface area contributed by atoms with Gasteiger partial charge < -0.3 is 31.1 Å². The number of hydrogen-bond donors (Lipinski definition) is 3. The van der Waals surface area contributed by atoms with Gasteiger partial charge >= 0.3 is 6.03 Å². The maximum atomic E-state index is 12.3. The molecule has 1 aromatic carbocycles. The van der Waals surface area contributed by atoms with Crippen molar-refractivity contribution in [3.8, 4) is 6.07 Å². The second-order valence-electron chi connectivity index (χ2n) is 12.2. The Hall–Kier alpha value is -3.91. The molecule has 3 amide bonds. The molecule has 42 heavy (non-hydrogen) atoms. The highest BCUT2D eigenvalue weighted by Gasteiger charge is 2.38. The third-order valence-electron chi connectivity index (χ3n) is 9.40. The van der Waals surface area contributed by atoms with Gasteiger partial charge in [0.25, 0.3) is 5.91 Å². The maximum absolute atomic E-state index is 12.3. The van der Waals surface area contributed by atoms with Crippen molar-refractivity contribution < 1.29 is 9.59 Å². The van der Waals surface area contributed by atoms with E-state index >= 15 is 0 Å². The zero-order valence-corrected chi connectivity index (χ0v) is 25.0. The lowest BCUT2D eigenvalue weighted by molar-refractivity contribution is 0.0996. The largest absolute Gasteiger partial charge is 0.364 e. The van der Waals surface area contributed by atoms with Crippen molar-refractivity contribution in [2.45, 2.75) is 81.8 Å². The van der Waals surface area contributed by atoms with E-state index in [1.165, 1.54) is 30.6 Å². The quantitative estimate of drug-likeness (QED) is 0.454. The van der Waals surface area contributed by atoms with Crippen LogP contribution in [0.2, 0.25) is 0 Å². The lowest BCUT2D eigenvalue weighted by atomic mass is 9.73. The molecule has 2 aromatic rings. The Morgan fingerprint density at radius 2 is 1.76 bits per heavy atom. The van der Waals surface area contributed by atoms with Crippen LogP contribution in [0.1, 0.15) is 74.3 Å². The van der Waals surface area contributed by atoms with Crippen molar-refractivity contribution >= 4 is 29.3 Å². The molecule has 2 atom stereocenters. The molecule has 3 aliphatic rings. The molecule has 5 rings (SSSR count). The molecule has 1 aromatic heterocycles. The lowest BCUT2D eigenvalue weighted by Gasteiger charge is -2.40. The second kappa shape index (κ2) is 12.5. The summed E-state index contributed by atoms with van der Waals surface area (Å²) in [6.45, 7) is 4.72. The molecule has 11 nitrogen and oxygen atoms in total. The van der Waals surface area contributed by atoms with Crippen LogP contribution in [0, 0.1) is 11.3 Å². The zero-order chi connectivity index (χ0) is 29.9. The summed E-state index contributed by atoms with van der Waals surface area (Å²) in [6, 6.07) is 11.0. The highest BCUT2D eigenvalue weighted by Crippen LogP contribution is 2.38. The van der Waals surface area contributed by atoms with Gasteiger partial charge in [0.2, 0.25) is 0 Å². The van der Waals surface area contributed by atoms with E-state index in [0.717, 1.165) is 56.6 Å². The number of benzene rings is 1. The van der Waals surface area contributed by atoms with Gasteiger partial charge in [-0.1, -0.05) is 25.0 Å². The molecule has 0 bridgehead atoms. The SMILES string of the molecule is CC1C(NC(=O)N(C)C)CCCN1c1cnc(C(N)=O)c(Nc2ccc(C3(C#N)CCN(C4CCCC4)CC3)cc2)n1. The molecule has 1 saturated carbocycles. The number of hydrogen-bond acceptors (Lipinski definition) is 8. The minimum atomic E-state index is -0.673. The molecule has 11 heteroatoms. The zero-order valence-electron chi connectivity index (χ0n) is 25.0. The molecule has 3 fully saturated rings. The summed E-state index contributed by atoms with van der Waals surface area (Å²) in [6.07, 6.45) is 10.2. The van der Waals surface area contributed by atoms with Crippen molar-refractivity contribution in [1.82, 2.24) is 25.1 Å². The number of carbonyl (C=O) groups excluding carboxylic acids is 2. The molecular weight excluding hydrogens is 530 g/mol. The highest BCUT2D eigenvalue weighted by molar-refractivity contribution is 5.96. The van der Waals surface area contributed by atoms with Crippen molar-refractivity contribution in [3.63, 3.8) is 0 Å². The Balaban J connectivity index is 1.31. The Labute approximate surface area is 248 Å². The first-order chi connectivity index (χ1) is 20.2.